The largest absolute Gasteiger partial charge is 0.497 e. The summed E-state index contributed by atoms with van der Waals surface area (Å²) in [6.45, 7) is 1.67. The van der Waals surface area contributed by atoms with Crippen LogP contribution in [0.5, 0.6) is 11.5 Å². The van der Waals surface area contributed by atoms with Gasteiger partial charge >= 0.3 is 0 Å². The van der Waals surface area contributed by atoms with Crippen molar-refractivity contribution >= 4 is 27.6 Å². The van der Waals surface area contributed by atoms with E-state index < -0.39 is 10.0 Å². The lowest BCUT2D eigenvalue weighted by atomic mass is 10.0. The van der Waals surface area contributed by atoms with Gasteiger partial charge in [0, 0.05) is 18.7 Å². The number of hydrogen-bond donors (Lipinski definition) is 1. The van der Waals surface area contributed by atoms with Gasteiger partial charge in [-0.15, -0.1) is 0 Å². The highest BCUT2D eigenvalue weighted by Crippen LogP contribution is 2.23. The van der Waals surface area contributed by atoms with Gasteiger partial charge in [-0.25, -0.2) is 8.42 Å². The van der Waals surface area contributed by atoms with Gasteiger partial charge < -0.3 is 14.8 Å². The van der Waals surface area contributed by atoms with E-state index in [0.717, 1.165) is 36.1 Å². The van der Waals surface area contributed by atoms with Crippen LogP contribution in [0.4, 0.5) is 0 Å². The van der Waals surface area contributed by atoms with Crippen LogP contribution in [0.2, 0.25) is 0 Å². The van der Waals surface area contributed by atoms with Gasteiger partial charge in [0.2, 0.25) is 10.0 Å². The lowest BCUT2D eigenvalue weighted by Crippen LogP contribution is -2.35. The van der Waals surface area contributed by atoms with E-state index in [1.165, 1.54) is 0 Å². The standard InChI is InChI=1S/C29H32N2O5S/c1-35-25-12-10-23(11-13-25)22-28(24-8-4-2-5-9-24)29(32)30-18-21-36-26-14-16-27(17-15-26)37(33,34)31-19-6-3-7-20-31/h2,4-5,8-17,22H,3,6-7,18-21H2,1H3,(H,30,32)/b28-22+. The van der Waals surface area contributed by atoms with Crippen molar-refractivity contribution in [2.45, 2.75) is 24.2 Å². The summed E-state index contributed by atoms with van der Waals surface area (Å²) in [5.74, 6) is 1.08. The van der Waals surface area contributed by atoms with Crippen molar-refractivity contribution in [3.63, 3.8) is 0 Å². The van der Waals surface area contributed by atoms with Crippen LogP contribution in [0.25, 0.3) is 11.6 Å². The fraction of sp³-hybridized carbons (Fsp3) is 0.276. The Kier molecular flexibility index (Phi) is 8.98. The molecule has 1 heterocycles. The summed E-state index contributed by atoms with van der Waals surface area (Å²) in [7, 11) is -1.86. The Bertz CT molecular complexity index is 1300. The van der Waals surface area contributed by atoms with Gasteiger partial charge in [-0.1, -0.05) is 48.9 Å². The molecular weight excluding hydrogens is 488 g/mol. The van der Waals surface area contributed by atoms with E-state index in [2.05, 4.69) is 5.32 Å². The number of carbonyl (C=O) groups is 1. The lowest BCUT2D eigenvalue weighted by molar-refractivity contribution is -0.115. The number of benzene rings is 3. The average molecular weight is 521 g/mol. The van der Waals surface area contributed by atoms with E-state index in [-0.39, 0.29) is 17.4 Å². The number of methoxy groups -OCH3 is 1. The van der Waals surface area contributed by atoms with Gasteiger partial charge in [0.25, 0.3) is 5.91 Å². The molecule has 1 aliphatic heterocycles. The molecule has 1 N–H and O–H groups in total. The Labute approximate surface area is 218 Å². The average Bonchev–Trinajstić information content (AvgIpc) is 2.95. The number of sulfonamides is 1. The molecule has 1 aliphatic rings. The molecule has 194 valence electrons. The highest BCUT2D eigenvalue weighted by atomic mass is 32.2. The molecule has 3 aromatic rings. The lowest BCUT2D eigenvalue weighted by Gasteiger charge is -2.25. The Hall–Kier alpha value is -3.62. The maximum absolute atomic E-state index is 13.1. The first-order chi connectivity index (χ1) is 18.0. The van der Waals surface area contributed by atoms with E-state index in [1.807, 2.05) is 60.7 Å². The third-order valence-electron chi connectivity index (χ3n) is 6.19. The Morgan fingerprint density at radius 3 is 2.19 bits per heavy atom. The van der Waals surface area contributed by atoms with Gasteiger partial charge in [-0.3, -0.25) is 4.79 Å². The van der Waals surface area contributed by atoms with Gasteiger partial charge in [0.05, 0.1) is 18.6 Å². The van der Waals surface area contributed by atoms with E-state index >= 15 is 0 Å². The number of nitrogens with one attached hydrogen (secondary N) is 1. The quantitative estimate of drug-likeness (QED) is 0.240. The van der Waals surface area contributed by atoms with Gasteiger partial charge in [0.1, 0.15) is 18.1 Å². The van der Waals surface area contributed by atoms with Gasteiger partial charge in [0.15, 0.2) is 0 Å². The fourth-order valence-electron chi connectivity index (χ4n) is 4.16. The molecule has 0 aromatic heterocycles. The molecule has 0 saturated carbocycles. The minimum atomic E-state index is -3.47. The summed E-state index contributed by atoms with van der Waals surface area (Å²) in [6.07, 6.45) is 4.70. The highest BCUT2D eigenvalue weighted by molar-refractivity contribution is 7.89. The Balaban J connectivity index is 1.35. The maximum Gasteiger partial charge on any atom is 0.252 e. The van der Waals surface area contributed by atoms with E-state index in [0.29, 0.717) is 31.0 Å². The summed E-state index contributed by atoms with van der Waals surface area (Å²) < 4.78 is 38.1. The third kappa shape index (κ3) is 6.99. The van der Waals surface area contributed by atoms with Crippen molar-refractivity contribution in [2.75, 3.05) is 33.4 Å². The molecule has 0 aliphatic carbocycles. The zero-order chi connectivity index (χ0) is 26.1. The second-order valence-electron chi connectivity index (χ2n) is 8.74. The summed E-state index contributed by atoms with van der Waals surface area (Å²) in [5, 5.41) is 2.91. The highest BCUT2D eigenvalue weighted by Gasteiger charge is 2.25. The second-order valence-corrected chi connectivity index (χ2v) is 10.7. The van der Waals surface area contributed by atoms with Gasteiger partial charge in [-0.05, 0) is 66.4 Å². The smallest absolute Gasteiger partial charge is 0.252 e. The van der Waals surface area contributed by atoms with Crippen LogP contribution in [0.3, 0.4) is 0 Å². The molecule has 0 bridgehead atoms. The van der Waals surface area contributed by atoms with Crippen LogP contribution < -0.4 is 14.8 Å². The first-order valence-electron chi connectivity index (χ1n) is 12.4. The zero-order valence-electron chi connectivity index (χ0n) is 20.9. The molecular formula is C29H32N2O5S. The molecule has 0 spiro atoms. The molecule has 0 unspecified atom stereocenters. The number of piperidine rings is 1. The predicted molar refractivity (Wildman–Crippen MR) is 145 cm³/mol. The summed E-state index contributed by atoms with van der Waals surface area (Å²) >= 11 is 0. The molecule has 3 aromatic carbocycles. The fourth-order valence-corrected chi connectivity index (χ4v) is 5.67. The van der Waals surface area contributed by atoms with E-state index in [1.54, 1.807) is 35.7 Å². The monoisotopic (exact) mass is 520 g/mol. The molecule has 0 radical (unpaired) electrons. The predicted octanol–water partition coefficient (Wildman–Crippen LogP) is 4.61. The number of nitrogens with zero attached hydrogens (tertiary/aromatic N) is 1. The topological polar surface area (TPSA) is 84.9 Å². The number of hydrogen-bond acceptors (Lipinski definition) is 5. The second kappa shape index (κ2) is 12.6. The van der Waals surface area contributed by atoms with Crippen molar-refractivity contribution in [3.05, 3.63) is 90.0 Å². The van der Waals surface area contributed by atoms with Crippen LogP contribution in [0.15, 0.2) is 83.8 Å². The third-order valence-corrected chi connectivity index (χ3v) is 8.10. The number of carbonyl (C=O) groups excluding carboxylic acids is 1. The molecule has 1 amide bonds. The van der Waals surface area contributed by atoms with Crippen molar-refractivity contribution in [2.24, 2.45) is 0 Å². The molecule has 8 heteroatoms. The summed E-state index contributed by atoms with van der Waals surface area (Å²) in [5.41, 5.74) is 2.23. The normalized spacial score (nSPS) is 14.7. The van der Waals surface area contributed by atoms with Crippen molar-refractivity contribution in [1.82, 2.24) is 9.62 Å². The maximum atomic E-state index is 13.1. The summed E-state index contributed by atoms with van der Waals surface area (Å²) in [4.78, 5) is 13.3. The molecule has 7 nitrogen and oxygen atoms in total. The first-order valence-corrected chi connectivity index (χ1v) is 13.8. The minimum Gasteiger partial charge on any atom is -0.497 e. The van der Waals surface area contributed by atoms with Crippen LogP contribution in [-0.2, 0) is 14.8 Å². The molecule has 4 rings (SSSR count). The number of rotatable bonds is 10. The Morgan fingerprint density at radius 1 is 0.892 bits per heavy atom. The molecule has 37 heavy (non-hydrogen) atoms. The molecule has 1 saturated heterocycles. The first kappa shape index (κ1) is 26.4. The zero-order valence-corrected chi connectivity index (χ0v) is 21.7. The molecule has 0 atom stereocenters. The summed E-state index contributed by atoms with van der Waals surface area (Å²) in [6, 6.07) is 23.4. The molecule has 1 fully saturated rings. The van der Waals surface area contributed by atoms with Crippen molar-refractivity contribution in [3.8, 4) is 11.5 Å². The van der Waals surface area contributed by atoms with Crippen LogP contribution in [0, 0.1) is 0 Å². The number of amides is 1. The minimum absolute atomic E-state index is 0.214. The Morgan fingerprint density at radius 2 is 1.54 bits per heavy atom. The number of ether oxygens (including phenoxy) is 2. The van der Waals surface area contributed by atoms with Crippen molar-refractivity contribution in [1.29, 1.82) is 0 Å². The van der Waals surface area contributed by atoms with Crippen molar-refractivity contribution < 1.29 is 22.7 Å². The van der Waals surface area contributed by atoms with Crippen LogP contribution in [0.1, 0.15) is 30.4 Å². The van der Waals surface area contributed by atoms with Crippen LogP contribution in [-0.4, -0.2) is 52.0 Å². The SMILES string of the molecule is COc1ccc(/C=C(/C(=O)NCCOc2ccc(S(=O)(=O)N3CCCCC3)cc2)c2ccccc2)cc1. The van der Waals surface area contributed by atoms with E-state index in [4.69, 9.17) is 9.47 Å². The van der Waals surface area contributed by atoms with Crippen LogP contribution >= 0.6 is 0 Å². The van der Waals surface area contributed by atoms with E-state index in [9.17, 15) is 13.2 Å². The van der Waals surface area contributed by atoms with Gasteiger partial charge in [-0.2, -0.15) is 4.31 Å².